The summed E-state index contributed by atoms with van der Waals surface area (Å²) in [5.41, 5.74) is 5.93. The van der Waals surface area contributed by atoms with Crippen LogP contribution in [0, 0.1) is 0 Å². The fraction of sp³-hybridized carbons (Fsp3) is 0.227. The molecule has 2 aromatic carbocycles. The maximum Gasteiger partial charge on any atom is 0.288 e. The number of aromatic nitrogens is 2. The third kappa shape index (κ3) is 5.58. The van der Waals surface area contributed by atoms with Crippen molar-refractivity contribution in [1.29, 1.82) is 0 Å². The van der Waals surface area contributed by atoms with E-state index in [2.05, 4.69) is 15.8 Å². The Morgan fingerprint density at radius 1 is 1.06 bits per heavy atom. The summed E-state index contributed by atoms with van der Waals surface area (Å²) >= 11 is 1.42. The Morgan fingerprint density at radius 3 is 2.39 bits per heavy atom. The lowest BCUT2D eigenvalue weighted by atomic mass is 10.3. The molecule has 8 nitrogen and oxygen atoms in total. The molecule has 0 bridgehead atoms. The zero-order chi connectivity index (χ0) is 22.2. The van der Waals surface area contributed by atoms with Gasteiger partial charge in [-0.25, -0.2) is 4.98 Å². The molecular formula is C22H24N4O4S. The van der Waals surface area contributed by atoms with Gasteiger partial charge in [-0.2, -0.15) is 0 Å². The number of para-hydroxylation sites is 1. The number of hydrogen-bond donors (Lipinski definition) is 2. The van der Waals surface area contributed by atoms with Crippen LogP contribution < -0.4 is 20.3 Å². The minimum Gasteiger partial charge on any atom is -0.494 e. The highest BCUT2D eigenvalue weighted by atomic mass is 32.2. The van der Waals surface area contributed by atoms with Gasteiger partial charge in [-0.15, -0.1) is 0 Å². The molecule has 3 rings (SSSR count). The number of rotatable bonds is 8. The summed E-state index contributed by atoms with van der Waals surface area (Å²) in [6.07, 6.45) is 2.53. The molecule has 3 aromatic rings. The fourth-order valence-corrected chi connectivity index (χ4v) is 3.33. The zero-order valence-electron chi connectivity index (χ0n) is 17.5. The summed E-state index contributed by atoms with van der Waals surface area (Å²) in [6.45, 7) is 4.07. The number of nitrogens with one attached hydrogen (secondary N) is 2. The van der Waals surface area contributed by atoms with E-state index >= 15 is 0 Å². The van der Waals surface area contributed by atoms with Gasteiger partial charge in [0.05, 0.1) is 12.8 Å². The SMILES string of the molecule is CCOc1ccc(OC(C)C(=O)NNC(=O)c2cnc(SC)n2-c2ccccc2)cc1. The van der Waals surface area contributed by atoms with Gasteiger partial charge >= 0.3 is 0 Å². The van der Waals surface area contributed by atoms with Gasteiger partial charge in [0, 0.05) is 5.69 Å². The van der Waals surface area contributed by atoms with Crippen LogP contribution in [0.25, 0.3) is 5.69 Å². The highest BCUT2D eigenvalue weighted by molar-refractivity contribution is 7.98. The van der Waals surface area contributed by atoms with Gasteiger partial charge in [0.2, 0.25) is 0 Å². The molecule has 0 aliphatic rings. The molecule has 31 heavy (non-hydrogen) atoms. The first kappa shape index (κ1) is 22.2. The average Bonchev–Trinajstić information content (AvgIpc) is 3.23. The quantitative estimate of drug-likeness (QED) is 0.413. The molecule has 1 atom stereocenters. The first-order valence-electron chi connectivity index (χ1n) is 9.70. The Bertz CT molecular complexity index is 1020. The molecule has 1 heterocycles. The van der Waals surface area contributed by atoms with Crippen LogP contribution in [-0.4, -0.2) is 40.3 Å². The number of hydrazine groups is 1. The molecular weight excluding hydrogens is 416 g/mol. The molecule has 2 N–H and O–H groups in total. The predicted octanol–water partition coefficient (Wildman–Crippen LogP) is 3.22. The number of imidazole rings is 1. The van der Waals surface area contributed by atoms with Crippen LogP contribution >= 0.6 is 11.8 Å². The standard InChI is InChI=1S/C22H24N4O4S/c1-4-29-17-10-12-18(13-11-17)30-15(2)20(27)24-25-21(28)19-14-23-22(31-3)26(19)16-8-6-5-7-9-16/h5-15H,4H2,1-3H3,(H,24,27)(H,25,28). The van der Waals surface area contributed by atoms with Crippen molar-refractivity contribution in [3.05, 3.63) is 66.5 Å². The Kier molecular flexibility index (Phi) is 7.55. The van der Waals surface area contributed by atoms with Crippen molar-refractivity contribution in [2.24, 2.45) is 0 Å². The molecule has 0 saturated heterocycles. The molecule has 1 unspecified atom stereocenters. The van der Waals surface area contributed by atoms with Gasteiger partial charge in [0.15, 0.2) is 11.3 Å². The molecule has 1 aromatic heterocycles. The van der Waals surface area contributed by atoms with E-state index in [-0.39, 0.29) is 0 Å². The smallest absolute Gasteiger partial charge is 0.288 e. The summed E-state index contributed by atoms with van der Waals surface area (Å²) in [6, 6.07) is 16.4. The van der Waals surface area contributed by atoms with Crippen molar-refractivity contribution in [1.82, 2.24) is 20.4 Å². The zero-order valence-corrected chi connectivity index (χ0v) is 18.3. The van der Waals surface area contributed by atoms with E-state index in [9.17, 15) is 9.59 Å². The van der Waals surface area contributed by atoms with Gasteiger partial charge in [-0.3, -0.25) is 25.0 Å². The number of hydrogen-bond acceptors (Lipinski definition) is 6. The third-order valence-electron chi connectivity index (χ3n) is 4.28. The first-order valence-corrected chi connectivity index (χ1v) is 10.9. The topological polar surface area (TPSA) is 94.5 Å². The normalized spacial score (nSPS) is 11.5. The third-order valence-corrected chi connectivity index (χ3v) is 4.93. The van der Waals surface area contributed by atoms with Crippen LogP contribution in [0.2, 0.25) is 0 Å². The molecule has 9 heteroatoms. The molecule has 0 radical (unpaired) electrons. The van der Waals surface area contributed by atoms with Crippen LogP contribution in [0.5, 0.6) is 11.5 Å². The summed E-state index contributed by atoms with van der Waals surface area (Å²) in [4.78, 5) is 29.4. The number of thioether (sulfide) groups is 1. The second-order valence-corrected chi connectivity index (χ2v) is 7.18. The number of amides is 2. The van der Waals surface area contributed by atoms with E-state index in [1.807, 2.05) is 43.5 Å². The van der Waals surface area contributed by atoms with Crippen molar-refractivity contribution in [2.45, 2.75) is 25.1 Å². The largest absolute Gasteiger partial charge is 0.494 e. The van der Waals surface area contributed by atoms with Crippen molar-refractivity contribution < 1.29 is 19.1 Å². The first-order chi connectivity index (χ1) is 15.0. The summed E-state index contributed by atoms with van der Waals surface area (Å²) in [5.74, 6) is 0.263. The second-order valence-electron chi connectivity index (χ2n) is 6.41. The predicted molar refractivity (Wildman–Crippen MR) is 119 cm³/mol. The van der Waals surface area contributed by atoms with Gasteiger partial charge < -0.3 is 9.47 Å². The highest BCUT2D eigenvalue weighted by Gasteiger charge is 2.20. The molecule has 0 aliphatic carbocycles. The summed E-state index contributed by atoms with van der Waals surface area (Å²) in [7, 11) is 0. The lowest BCUT2D eigenvalue weighted by molar-refractivity contribution is -0.128. The van der Waals surface area contributed by atoms with Crippen molar-refractivity contribution in [2.75, 3.05) is 12.9 Å². The van der Waals surface area contributed by atoms with Crippen LogP contribution in [0.1, 0.15) is 24.3 Å². The highest BCUT2D eigenvalue weighted by Crippen LogP contribution is 2.21. The molecule has 2 amide bonds. The average molecular weight is 441 g/mol. The minimum atomic E-state index is -0.820. The van der Waals surface area contributed by atoms with E-state index < -0.39 is 17.9 Å². The van der Waals surface area contributed by atoms with Crippen LogP contribution in [0.4, 0.5) is 0 Å². The lowest BCUT2D eigenvalue weighted by Gasteiger charge is -2.16. The van der Waals surface area contributed by atoms with E-state index in [1.54, 1.807) is 35.8 Å². The van der Waals surface area contributed by atoms with Crippen molar-refractivity contribution in [3.8, 4) is 17.2 Å². The molecule has 0 saturated carbocycles. The lowest BCUT2D eigenvalue weighted by Crippen LogP contribution is -2.47. The Morgan fingerprint density at radius 2 is 1.74 bits per heavy atom. The molecule has 162 valence electrons. The van der Waals surface area contributed by atoms with Crippen molar-refractivity contribution >= 4 is 23.6 Å². The van der Waals surface area contributed by atoms with E-state index in [4.69, 9.17) is 9.47 Å². The number of nitrogens with zero attached hydrogens (tertiary/aromatic N) is 2. The van der Waals surface area contributed by atoms with Gasteiger partial charge in [0.25, 0.3) is 11.8 Å². The van der Waals surface area contributed by atoms with Crippen molar-refractivity contribution in [3.63, 3.8) is 0 Å². The van der Waals surface area contributed by atoms with E-state index in [0.717, 1.165) is 11.4 Å². The van der Waals surface area contributed by atoms with Crippen LogP contribution in [-0.2, 0) is 4.79 Å². The Labute approximate surface area is 184 Å². The van der Waals surface area contributed by atoms with E-state index in [0.29, 0.717) is 23.2 Å². The maximum absolute atomic E-state index is 12.7. The second kappa shape index (κ2) is 10.5. The molecule has 0 spiro atoms. The Hall–Kier alpha value is -3.46. The maximum atomic E-state index is 12.7. The van der Waals surface area contributed by atoms with Crippen LogP contribution in [0.3, 0.4) is 0 Å². The summed E-state index contributed by atoms with van der Waals surface area (Å²) < 4.78 is 12.7. The number of ether oxygens (including phenoxy) is 2. The van der Waals surface area contributed by atoms with Gasteiger partial charge in [0.1, 0.15) is 17.2 Å². The number of carbonyl (C=O) groups is 2. The minimum absolute atomic E-state index is 0.302. The Balaban J connectivity index is 1.61. The van der Waals surface area contributed by atoms with Gasteiger partial charge in [-0.1, -0.05) is 30.0 Å². The van der Waals surface area contributed by atoms with Crippen LogP contribution in [0.15, 0.2) is 66.0 Å². The monoisotopic (exact) mass is 440 g/mol. The summed E-state index contributed by atoms with van der Waals surface area (Å²) in [5, 5.41) is 0.662. The number of carbonyl (C=O) groups excluding carboxylic acids is 2. The van der Waals surface area contributed by atoms with E-state index in [1.165, 1.54) is 18.0 Å². The fourth-order valence-electron chi connectivity index (χ4n) is 2.79. The number of benzene rings is 2. The molecule has 0 fully saturated rings. The van der Waals surface area contributed by atoms with Gasteiger partial charge in [-0.05, 0) is 56.5 Å². The molecule has 0 aliphatic heterocycles.